The molecule has 0 unspecified atom stereocenters. The fraction of sp³-hybridized carbons (Fsp3) is 0.353. The Morgan fingerprint density at radius 1 is 1.20 bits per heavy atom. The van der Waals surface area contributed by atoms with E-state index < -0.39 is 8.32 Å². The zero-order valence-corrected chi connectivity index (χ0v) is 13.5. The first-order chi connectivity index (χ1) is 9.55. The average Bonchev–Trinajstić information content (AvgIpc) is 2.45. The van der Waals surface area contributed by atoms with Crippen molar-refractivity contribution in [1.82, 2.24) is 0 Å². The molecule has 0 atom stereocenters. The maximum absolute atomic E-state index is 11.0. The quantitative estimate of drug-likeness (QED) is 0.549. The summed E-state index contributed by atoms with van der Waals surface area (Å²) in [6.07, 6.45) is 3.30. The Hall–Kier alpha value is -1.61. The molecule has 2 nitrogen and oxygen atoms in total. The van der Waals surface area contributed by atoms with Gasteiger partial charge in [0.2, 0.25) is 8.32 Å². The number of rotatable bonds is 6. The van der Waals surface area contributed by atoms with Gasteiger partial charge in [-0.2, -0.15) is 0 Å². The van der Waals surface area contributed by atoms with Crippen LogP contribution in [0.4, 0.5) is 0 Å². The summed E-state index contributed by atoms with van der Waals surface area (Å²) in [7, 11) is -1.70. The van der Waals surface area contributed by atoms with Gasteiger partial charge in [0.15, 0.2) is 0 Å². The second kappa shape index (κ2) is 6.22. The highest BCUT2D eigenvalue weighted by molar-refractivity contribution is 6.71. The van der Waals surface area contributed by atoms with Crippen molar-refractivity contribution in [2.45, 2.75) is 38.9 Å². The highest BCUT2D eigenvalue weighted by Crippen LogP contribution is 2.29. The van der Waals surface area contributed by atoms with Crippen LogP contribution in [0.1, 0.15) is 30.1 Å². The van der Waals surface area contributed by atoms with E-state index >= 15 is 0 Å². The van der Waals surface area contributed by atoms with E-state index in [1.54, 1.807) is 0 Å². The molecule has 0 saturated carbocycles. The number of hydrogen-bond donors (Lipinski definition) is 0. The fourth-order valence-corrected chi connectivity index (χ4v) is 4.46. The molecule has 2 aromatic carbocycles. The molecule has 20 heavy (non-hydrogen) atoms. The lowest BCUT2D eigenvalue weighted by atomic mass is 10.1. The third kappa shape index (κ3) is 3.48. The van der Waals surface area contributed by atoms with Crippen LogP contribution >= 0.6 is 0 Å². The molecule has 0 radical (unpaired) electrons. The molecule has 3 heteroatoms. The van der Waals surface area contributed by atoms with E-state index in [4.69, 9.17) is 4.43 Å². The molecule has 0 aliphatic heterocycles. The van der Waals surface area contributed by atoms with Gasteiger partial charge in [-0.25, -0.2) is 0 Å². The first kappa shape index (κ1) is 14.8. The average molecular weight is 286 g/mol. The third-order valence-corrected chi connectivity index (χ3v) is 5.85. The van der Waals surface area contributed by atoms with E-state index in [0.717, 1.165) is 28.9 Å². The van der Waals surface area contributed by atoms with Crippen LogP contribution in [0.15, 0.2) is 36.4 Å². The van der Waals surface area contributed by atoms with Crippen molar-refractivity contribution in [2.75, 3.05) is 0 Å². The van der Waals surface area contributed by atoms with Crippen molar-refractivity contribution in [2.24, 2.45) is 0 Å². The molecule has 106 valence electrons. The SMILES string of the molecule is CCCC[Si](C)(C)Oc1cccc2ccc(C=O)cc12. The van der Waals surface area contributed by atoms with Gasteiger partial charge in [0.05, 0.1) is 0 Å². The Morgan fingerprint density at radius 2 is 2.00 bits per heavy atom. The summed E-state index contributed by atoms with van der Waals surface area (Å²) < 4.78 is 6.34. The van der Waals surface area contributed by atoms with Gasteiger partial charge in [0.1, 0.15) is 12.0 Å². The van der Waals surface area contributed by atoms with E-state index in [0.29, 0.717) is 5.56 Å². The normalized spacial score (nSPS) is 11.6. The van der Waals surface area contributed by atoms with Crippen LogP contribution in [-0.2, 0) is 0 Å². The molecule has 0 fully saturated rings. The zero-order valence-electron chi connectivity index (χ0n) is 12.5. The molecule has 0 heterocycles. The first-order valence-electron chi connectivity index (χ1n) is 7.23. The van der Waals surface area contributed by atoms with Crippen LogP contribution in [0.5, 0.6) is 5.75 Å². The summed E-state index contributed by atoms with van der Waals surface area (Å²) in [5.74, 6) is 0.916. The fourth-order valence-electron chi connectivity index (χ4n) is 2.38. The van der Waals surface area contributed by atoms with E-state index in [1.807, 2.05) is 30.3 Å². The van der Waals surface area contributed by atoms with Crippen LogP contribution in [0.3, 0.4) is 0 Å². The van der Waals surface area contributed by atoms with E-state index in [1.165, 1.54) is 12.8 Å². The lowest BCUT2D eigenvalue weighted by Crippen LogP contribution is -2.33. The summed E-state index contributed by atoms with van der Waals surface area (Å²) in [6, 6.07) is 13.0. The number of aldehydes is 1. The van der Waals surface area contributed by atoms with Gasteiger partial charge in [0.25, 0.3) is 0 Å². The lowest BCUT2D eigenvalue weighted by Gasteiger charge is -2.25. The molecule has 2 rings (SSSR count). The van der Waals surface area contributed by atoms with Gasteiger partial charge in [-0.05, 0) is 36.7 Å². The maximum atomic E-state index is 11.0. The van der Waals surface area contributed by atoms with E-state index in [-0.39, 0.29) is 0 Å². The molecule has 0 aromatic heterocycles. The first-order valence-corrected chi connectivity index (χ1v) is 10.3. The van der Waals surface area contributed by atoms with Crippen molar-refractivity contribution in [3.63, 3.8) is 0 Å². The highest BCUT2D eigenvalue weighted by atomic mass is 28.4. The zero-order chi connectivity index (χ0) is 14.6. The Balaban J connectivity index is 2.36. The molecule has 0 saturated heterocycles. The minimum absolute atomic E-state index is 0.696. The molecule has 0 aliphatic carbocycles. The molecule has 2 aromatic rings. The minimum atomic E-state index is -1.70. The monoisotopic (exact) mass is 286 g/mol. The van der Waals surface area contributed by atoms with Crippen LogP contribution in [0.25, 0.3) is 10.8 Å². The number of unbranched alkanes of at least 4 members (excludes halogenated alkanes) is 1. The van der Waals surface area contributed by atoms with Crippen molar-refractivity contribution < 1.29 is 9.22 Å². The van der Waals surface area contributed by atoms with Gasteiger partial charge in [0, 0.05) is 10.9 Å². The van der Waals surface area contributed by atoms with Crippen molar-refractivity contribution in [3.8, 4) is 5.75 Å². The molecule has 0 aliphatic rings. The summed E-state index contributed by atoms with van der Waals surface area (Å²) >= 11 is 0. The lowest BCUT2D eigenvalue weighted by molar-refractivity contribution is 0.112. The number of carbonyl (C=O) groups is 1. The summed E-state index contributed by atoms with van der Waals surface area (Å²) in [5, 5.41) is 2.16. The Morgan fingerprint density at radius 3 is 2.70 bits per heavy atom. The second-order valence-electron chi connectivity index (χ2n) is 5.82. The molecule has 0 amide bonds. The minimum Gasteiger partial charge on any atom is -0.544 e. The smallest absolute Gasteiger partial charge is 0.245 e. The topological polar surface area (TPSA) is 26.3 Å². The third-order valence-electron chi connectivity index (χ3n) is 3.52. The number of fused-ring (bicyclic) bond motifs is 1. The number of carbonyl (C=O) groups excluding carboxylic acids is 1. The predicted molar refractivity (Wildman–Crippen MR) is 87.2 cm³/mol. The van der Waals surface area contributed by atoms with Crippen LogP contribution in [-0.4, -0.2) is 14.6 Å². The van der Waals surface area contributed by atoms with Gasteiger partial charge in [-0.1, -0.05) is 44.0 Å². The maximum Gasteiger partial charge on any atom is 0.245 e. The van der Waals surface area contributed by atoms with Crippen LogP contribution in [0, 0.1) is 0 Å². The van der Waals surface area contributed by atoms with Gasteiger partial charge >= 0.3 is 0 Å². The van der Waals surface area contributed by atoms with Gasteiger partial charge in [-0.3, -0.25) is 4.79 Å². The Bertz CT molecular complexity index is 605. The molecule has 0 bridgehead atoms. The Kier molecular flexibility index (Phi) is 4.60. The largest absolute Gasteiger partial charge is 0.544 e. The van der Waals surface area contributed by atoms with E-state index in [9.17, 15) is 4.79 Å². The highest BCUT2D eigenvalue weighted by Gasteiger charge is 2.24. The van der Waals surface area contributed by atoms with E-state index in [2.05, 4.69) is 26.1 Å². The number of hydrogen-bond acceptors (Lipinski definition) is 2. The Labute approximate surface area is 121 Å². The second-order valence-corrected chi connectivity index (χ2v) is 10.0. The van der Waals surface area contributed by atoms with Gasteiger partial charge < -0.3 is 4.43 Å². The van der Waals surface area contributed by atoms with Crippen molar-refractivity contribution in [1.29, 1.82) is 0 Å². The summed E-state index contributed by atoms with van der Waals surface area (Å²) in [4.78, 5) is 11.0. The molecule has 0 N–H and O–H groups in total. The number of benzene rings is 2. The van der Waals surface area contributed by atoms with Crippen LogP contribution in [0.2, 0.25) is 19.1 Å². The van der Waals surface area contributed by atoms with Crippen molar-refractivity contribution >= 4 is 25.4 Å². The summed E-state index contributed by atoms with van der Waals surface area (Å²) in [6.45, 7) is 6.72. The summed E-state index contributed by atoms with van der Waals surface area (Å²) in [5.41, 5.74) is 0.696. The van der Waals surface area contributed by atoms with Crippen LogP contribution < -0.4 is 4.43 Å². The molecular weight excluding hydrogens is 264 g/mol. The standard InChI is InChI=1S/C17H22O2Si/c1-4-5-11-20(2,3)19-17-8-6-7-15-10-9-14(13-18)12-16(15)17/h6-10,12-13H,4-5,11H2,1-3H3. The van der Waals surface area contributed by atoms with Gasteiger partial charge in [-0.15, -0.1) is 0 Å². The predicted octanol–water partition coefficient (Wildman–Crippen LogP) is 5.04. The van der Waals surface area contributed by atoms with Crippen molar-refractivity contribution in [3.05, 3.63) is 42.0 Å². The molecule has 0 spiro atoms. The molecular formula is C17H22O2Si.